The first kappa shape index (κ1) is 15.9. The molecule has 0 unspecified atom stereocenters. The monoisotopic (exact) mass is 280 g/mol. The fraction of sp³-hybridized carbons (Fsp3) is 0.500. The minimum atomic E-state index is -1.04. The second-order valence-corrected chi connectivity index (χ2v) is 4.61. The SMILES string of the molecule is C=CCCCCC[C@H](NC(=O)c1cc(C)on1)C(=O)O. The third-order valence-corrected chi connectivity index (χ3v) is 2.87. The Morgan fingerprint density at radius 1 is 1.50 bits per heavy atom. The second kappa shape index (κ2) is 8.14. The van der Waals surface area contributed by atoms with Crippen LogP contribution >= 0.6 is 0 Å². The van der Waals surface area contributed by atoms with Crippen LogP contribution in [0.25, 0.3) is 0 Å². The lowest BCUT2D eigenvalue weighted by Crippen LogP contribution is -2.40. The van der Waals surface area contributed by atoms with Crippen molar-refractivity contribution in [3.8, 4) is 0 Å². The number of nitrogens with one attached hydrogen (secondary N) is 1. The first-order chi connectivity index (χ1) is 9.54. The fourth-order valence-electron chi connectivity index (χ4n) is 1.78. The van der Waals surface area contributed by atoms with Crippen LogP contribution in [0.1, 0.15) is 48.4 Å². The van der Waals surface area contributed by atoms with Crippen molar-refractivity contribution < 1.29 is 19.2 Å². The highest BCUT2D eigenvalue weighted by Crippen LogP contribution is 2.08. The van der Waals surface area contributed by atoms with E-state index in [0.29, 0.717) is 12.2 Å². The van der Waals surface area contributed by atoms with Crippen LogP contribution in [0.4, 0.5) is 0 Å². The van der Waals surface area contributed by atoms with Crippen LogP contribution in [0.15, 0.2) is 23.2 Å². The molecule has 1 rings (SSSR count). The van der Waals surface area contributed by atoms with Crippen molar-refractivity contribution in [3.63, 3.8) is 0 Å². The molecule has 1 amide bonds. The van der Waals surface area contributed by atoms with Gasteiger partial charge in [0.15, 0.2) is 5.69 Å². The third kappa shape index (κ3) is 5.26. The van der Waals surface area contributed by atoms with Crippen molar-refractivity contribution in [1.82, 2.24) is 10.5 Å². The highest BCUT2D eigenvalue weighted by atomic mass is 16.5. The van der Waals surface area contributed by atoms with Crippen LogP contribution in [-0.4, -0.2) is 28.2 Å². The van der Waals surface area contributed by atoms with Crippen molar-refractivity contribution in [2.75, 3.05) is 0 Å². The molecule has 0 spiro atoms. The zero-order valence-corrected chi connectivity index (χ0v) is 11.6. The van der Waals surface area contributed by atoms with Gasteiger partial charge >= 0.3 is 5.97 Å². The minimum absolute atomic E-state index is 0.0976. The zero-order chi connectivity index (χ0) is 15.0. The van der Waals surface area contributed by atoms with Gasteiger partial charge < -0.3 is 14.9 Å². The van der Waals surface area contributed by atoms with Crippen molar-refractivity contribution in [3.05, 3.63) is 30.2 Å². The molecule has 2 N–H and O–H groups in total. The van der Waals surface area contributed by atoms with Crippen LogP contribution in [0.2, 0.25) is 0 Å². The maximum absolute atomic E-state index is 11.8. The van der Waals surface area contributed by atoms with E-state index in [9.17, 15) is 9.59 Å². The summed E-state index contributed by atoms with van der Waals surface area (Å²) in [6, 6.07) is 0.571. The first-order valence-electron chi connectivity index (χ1n) is 6.62. The summed E-state index contributed by atoms with van der Waals surface area (Å²) in [5.74, 6) is -1.06. The summed E-state index contributed by atoms with van der Waals surface area (Å²) in [6.07, 6.45) is 5.78. The van der Waals surface area contributed by atoms with E-state index in [1.54, 1.807) is 6.92 Å². The second-order valence-electron chi connectivity index (χ2n) is 4.61. The molecule has 6 nitrogen and oxygen atoms in total. The number of nitrogens with zero attached hydrogens (tertiary/aromatic N) is 1. The molecule has 6 heteroatoms. The molecule has 0 aromatic carbocycles. The van der Waals surface area contributed by atoms with E-state index in [4.69, 9.17) is 9.63 Å². The van der Waals surface area contributed by atoms with Gasteiger partial charge in [0.05, 0.1) is 0 Å². The van der Waals surface area contributed by atoms with Gasteiger partial charge in [-0.2, -0.15) is 0 Å². The highest BCUT2D eigenvalue weighted by Gasteiger charge is 2.21. The quantitative estimate of drug-likeness (QED) is 0.535. The van der Waals surface area contributed by atoms with Crippen molar-refractivity contribution in [2.24, 2.45) is 0 Å². The number of amides is 1. The molecule has 0 bridgehead atoms. The lowest BCUT2D eigenvalue weighted by Gasteiger charge is -2.13. The Hall–Kier alpha value is -2.11. The van der Waals surface area contributed by atoms with E-state index in [2.05, 4.69) is 17.1 Å². The zero-order valence-electron chi connectivity index (χ0n) is 11.6. The Kier molecular flexibility index (Phi) is 6.49. The Balaban J connectivity index is 2.44. The smallest absolute Gasteiger partial charge is 0.326 e. The van der Waals surface area contributed by atoms with Gasteiger partial charge in [0.2, 0.25) is 0 Å². The molecule has 20 heavy (non-hydrogen) atoms. The summed E-state index contributed by atoms with van der Waals surface area (Å²) >= 11 is 0. The van der Waals surface area contributed by atoms with E-state index in [-0.39, 0.29) is 5.69 Å². The number of aryl methyl sites for hydroxylation is 1. The Bertz CT molecular complexity index is 467. The van der Waals surface area contributed by atoms with E-state index in [1.807, 2.05) is 6.08 Å². The number of hydrogen-bond donors (Lipinski definition) is 2. The van der Waals surface area contributed by atoms with Crippen LogP contribution in [0, 0.1) is 6.92 Å². The largest absolute Gasteiger partial charge is 0.480 e. The van der Waals surface area contributed by atoms with Crippen LogP contribution in [0.5, 0.6) is 0 Å². The summed E-state index contributed by atoms with van der Waals surface area (Å²) < 4.78 is 4.79. The highest BCUT2D eigenvalue weighted by molar-refractivity contribution is 5.94. The number of hydrogen-bond acceptors (Lipinski definition) is 4. The summed E-state index contributed by atoms with van der Waals surface area (Å²) in [6.45, 7) is 5.29. The van der Waals surface area contributed by atoms with Crippen molar-refractivity contribution in [1.29, 1.82) is 0 Å². The average Bonchev–Trinajstić information content (AvgIpc) is 2.83. The molecule has 1 aromatic rings. The minimum Gasteiger partial charge on any atom is -0.480 e. The number of carboxylic acid groups (broad SMARTS) is 1. The Morgan fingerprint density at radius 3 is 2.80 bits per heavy atom. The normalized spacial score (nSPS) is 11.8. The molecule has 0 aliphatic heterocycles. The lowest BCUT2D eigenvalue weighted by atomic mass is 10.1. The topological polar surface area (TPSA) is 92.4 Å². The molecule has 1 atom stereocenters. The number of unbranched alkanes of at least 4 members (excludes halogenated alkanes) is 3. The lowest BCUT2D eigenvalue weighted by molar-refractivity contribution is -0.139. The molecule has 1 aromatic heterocycles. The maximum atomic E-state index is 11.8. The van der Waals surface area contributed by atoms with E-state index in [1.165, 1.54) is 6.07 Å². The fourth-order valence-corrected chi connectivity index (χ4v) is 1.78. The van der Waals surface area contributed by atoms with Crippen molar-refractivity contribution in [2.45, 2.75) is 45.1 Å². The number of rotatable bonds is 9. The van der Waals surface area contributed by atoms with Gasteiger partial charge in [-0.15, -0.1) is 6.58 Å². The summed E-state index contributed by atoms with van der Waals surface area (Å²) in [4.78, 5) is 22.9. The van der Waals surface area contributed by atoms with Crippen molar-refractivity contribution >= 4 is 11.9 Å². The summed E-state index contributed by atoms with van der Waals surface area (Å²) in [7, 11) is 0. The molecule has 0 fully saturated rings. The number of aromatic nitrogens is 1. The predicted molar refractivity (Wildman–Crippen MR) is 73.4 cm³/mol. The predicted octanol–water partition coefficient (Wildman–Crippen LogP) is 2.30. The first-order valence-corrected chi connectivity index (χ1v) is 6.62. The number of carboxylic acids is 1. The number of carbonyl (C=O) groups is 2. The van der Waals surface area contributed by atoms with E-state index < -0.39 is 17.9 Å². The molecule has 0 saturated carbocycles. The van der Waals surface area contributed by atoms with Crippen LogP contribution < -0.4 is 5.32 Å². The van der Waals surface area contributed by atoms with Crippen LogP contribution in [0.3, 0.4) is 0 Å². The molecule has 0 aliphatic rings. The summed E-state index contributed by atoms with van der Waals surface area (Å²) in [5.41, 5.74) is 0.0976. The van der Waals surface area contributed by atoms with Gasteiger partial charge in [-0.25, -0.2) is 4.79 Å². The third-order valence-electron chi connectivity index (χ3n) is 2.87. The Morgan fingerprint density at radius 2 is 2.25 bits per heavy atom. The van der Waals surface area contributed by atoms with E-state index in [0.717, 1.165) is 25.7 Å². The standard InChI is InChI=1S/C14H20N2O4/c1-3-4-5-6-7-8-11(14(18)19)15-13(17)12-9-10(2)20-16-12/h3,9,11H,1,4-8H2,2H3,(H,15,17)(H,18,19)/t11-/m0/s1. The van der Waals surface area contributed by atoms with E-state index >= 15 is 0 Å². The molecular formula is C14H20N2O4. The number of allylic oxidation sites excluding steroid dienone is 1. The van der Waals surface area contributed by atoms with Gasteiger partial charge in [0.25, 0.3) is 5.91 Å². The van der Waals surface area contributed by atoms with Crippen LogP contribution in [-0.2, 0) is 4.79 Å². The molecule has 110 valence electrons. The molecular weight excluding hydrogens is 260 g/mol. The molecule has 0 saturated heterocycles. The van der Waals surface area contributed by atoms with Gasteiger partial charge in [0, 0.05) is 6.07 Å². The van der Waals surface area contributed by atoms with Gasteiger partial charge in [-0.05, 0) is 26.2 Å². The Labute approximate surface area is 117 Å². The molecule has 1 heterocycles. The van der Waals surface area contributed by atoms with Gasteiger partial charge in [0.1, 0.15) is 11.8 Å². The van der Waals surface area contributed by atoms with Gasteiger partial charge in [-0.1, -0.05) is 24.1 Å². The maximum Gasteiger partial charge on any atom is 0.326 e. The number of carbonyl (C=O) groups excluding carboxylic acids is 1. The average molecular weight is 280 g/mol. The number of aliphatic carboxylic acids is 1. The molecule has 0 aliphatic carbocycles. The molecule has 0 radical (unpaired) electrons. The summed E-state index contributed by atoms with van der Waals surface area (Å²) in [5, 5.41) is 15.1. The van der Waals surface area contributed by atoms with Gasteiger partial charge in [-0.3, -0.25) is 4.79 Å².